The minimum atomic E-state index is -0.337. The number of ether oxygens (including phenoxy) is 1. The Labute approximate surface area is 217 Å². The lowest BCUT2D eigenvalue weighted by atomic mass is 9.90. The summed E-state index contributed by atoms with van der Waals surface area (Å²) in [4.78, 5) is 6.02. The molecule has 1 aromatic heterocycles. The van der Waals surface area contributed by atoms with Gasteiger partial charge in [-0.15, -0.1) is 0 Å². The van der Waals surface area contributed by atoms with Crippen LogP contribution in [0.4, 0.5) is 4.39 Å². The quantitative estimate of drug-likeness (QED) is 0.234. The number of rotatable bonds is 9. The predicted octanol–water partition coefficient (Wildman–Crippen LogP) is 8.05. The zero-order valence-electron chi connectivity index (χ0n) is 20.9. The minimum absolute atomic E-state index is 0.337. The molecule has 5 heteroatoms. The van der Waals surface area contributed by atoms with Crippen LogP contribution in [0, 0.1) is 11.7 Å². The topological polar surface area (TPSA) is 28.3 Å². The van der Waals surface area contributed by atoms with Crippen LogP contribution in [0.25, 0.3) is 22.0 Å². The lowest BCUT2D eigenvalue weighted by Crippen LogP contribution is -2.47. The second kappa shape index (κ2) is 10.9. The molecule has 0 spiro atoms. The molecule has 0 saturated carbocycles. The van der Waals surface area contributed by atoms with E-state index < -0.39 is 0 Å². The third-order valence-corrected chi connectivity index (χ3v) is 7.45. The van der Waals surface area contributed by atoms with Gasteiger partial charge in [-0.1, -0.05) is 68.3 Å². The summed E-state index contributed by atoms with van der Waals surface area (Å²) in [6, 6.07) is 23.3. The van der Waals surface area contributed by atoms with Crippen LogP contribution in [0.5, 0.6) is 5.75 Å². The van der Waals surface area contributed by atoms with Crippen molar-refractivity contribution in [1.29, 1.82) is 0 Å². The third kappa shape index (κ3) is 5.21. The van der Waals surface area contributed by atoms with Crippen molar-refractivity contribution in [2.75, 3.05) is 26.2 Å². The van der Waals surface area contributed by atoms with Gasteiger partial charge in [-0.25, -0.2) is 4.39 Å². The molecule has 3 aromatic carbocycles. The van der Waals surface area contributed by atoms with Crippen molar-refractivity contribution in [3.05, 3.63) is 100 Å². The largest absolute Gasteiger partial charge is 0.492 e. The summed E-state index contributed by atoms with van der Waals surface area (Å²) in [6.07, 6.45) is 2.00. The molecule has 1 N–H and O–H groups in total. The molecule has 36 heavy (non-hydrogen) atoms. The van der Waals surface area contributed by atoms with Gasteiger partial charge < -0.3 is 9.72 Å². The highest BCUT2D eigenvalue weighted by Gasteiger charge is 2.24. The zero-order valence-corrected chi connectivity index (χ0v) is 21.6. The molecule has 2 heterocycles. The van der Waals surface area contributed by atoms with Crippen LogP contribution >= 0.6 is 11.6 Å². The van der Waals surface area contributed by atoms with E-state index in [-0.39, 0.29) is 5.82 Å². The molecular weight excluding hydrogens is 471 g/mol. The Morgan fingerprint density at radius 1 is 1.03 bits per heavy atom. The Morgan fingerprint density at radius 3 is 2.50 bits per heavy atom. The summed E-state index contributed by atoms with van der Waals surface area (Å²) >= 11 is 6.54. The van der Waals surface area contributed by atoms with Gasteiger partial charge in [-0.2, -0.15) is 0 Å². The summed E-state index contributed by atoms with van der Waals surface area (Å²) < 4.78 is 19.9. The van der Waals surface area contributed by atoms with Gasteiger partial charge in [0.1, 0.15) is 18.2 Å². The molecule has 3 nitrogen and oxygen atoms in total. The molecule has 0 amide bonds. The molecule has 0 unspecified atom stereocenters. The summed E-state index contributed by atoms with van der Waals surface area (Å²) in [5.74, 6) is 1.37. The van der Waals surface area contributed by atoms with Crippen LogP contribution in [0.3, 0.4) is 0 Å². The predicted molar refractivity (Wildman–Crippen MR) is 148 cm³/mol. The molecule has 0 atom stereocenters. The molecule has 1 fully saturated rings. The number of nitrogens with zero attached hydrogens (tertiary/aromatic N) is 1. The first kappa shape index (κ1) is 24.6. The molecule has 4 aromatic rings. The van der Waals surface area contributed by atoms with E-state index in [1.807, 2.05) is 24.3 Å². The number of nitrogens with one attached hydrogen (secondary N) is 1. The van der Waals surface area contributed by atoms with Gasteiger partial charge >= 0.3 is 0 Å². The van der Waals surface area contributed by atoms with Crippen LogP contribution in [0.2, 0.25) is 5.02 Å². The van der Waals surface area contributed by atoms with Crippen molar-refractivity contribution < 1.29 is 9.13 Å². The molecule has 0 radical (unpaired) electrons. The number of likely N-dealkylation sites (tertiary alicyclic amines) is 1. The number of hydrogen-bond acceptors (Lipinski definition) is 2. The molecule has 1 aliphatic heterocycles. The van der Waals surface area contributed by atoms with E-state index in [0.717, 1.165) is 63.5 Å². The maximum absolute atomic E-state index is 13.8. The summed E-state index contributed by atoms with van der Waals surface area (Å²) in [6.45, 7) is 8.38. The Balaban J connectivity index is 1.47. The Hall–Kier alpha value is -3.08. The highest BCUT2D eigenvalue weighted by atomic mass is 35.5. The number of fused-ring (bicyclic) bond motifs is 1. The monoisotopic (exact) mass is 502 g/mol. The lowest BCUT2D eigenvalue weighted by Gasteiger charge is -2.38. The van der Waals surface area contributed by atoms with Gasteiger partial charge in [-0.3, -0.25) is 4.90 Å². The number of halogens is 2. The van der Waals surface area contributed by atoms with Gasteiger partial charge in [0, 0.05) is 41.8 Å². The third-order valence-electron chi connectivity index (χ3n) is 7.14. The first-order chi connectivity index (χ1) is 17.6. The van der Waals surface area contributed by atoms with E-state index in [9.17, 15) is 4.39 Å². The normalized spacial score (nSPS) is 15.1. The lowest BCUT2D eigenvalue weighted by molar-refractivity contribution is 0.0806. The van der Waals surface area contributed by atoms with Gasteiger partial charge in [0.15, 0.2) is 0 Å². The molecule has 1 saturated heterocycles. The first-order valence-corrected chi connectivity index (χ1v) is 13.2. The van der Waals surface area contributed by atoms with Crippen molar-refractivity contribution in [3.63, 3.8) is 0 Å². The van der Waals surface area contributed by atoms with E-state index >= 15 is 0 Å². The van der Waals surface area contributed by atoms with Gasteiger partial charge in [0.2, 0.25) is 0 Å². The van der Waals surface area contributed by atoms with Gasteiger partial charge in [0.25, 0.3) is 0 Å². The highest BCUT2D eigenvalue weighted by Crippen LogP contribution is 2.38. The van der Waals surface area contributed by atoms with Crippen LogP contribution in [0.1, 0.15) is 43.5 Å². The van der Waals surface area contributed by atoms with Crippen LogP contribution < -0.4 is 4.74 Å². The molecule has 0 bridgehead atoms. The summed E-state index contributed by atoms with van der Waals surface area (Å²) in [5, 5.41) is 1.55. The number of aromatic nitrogens is 1. The van der Waals surface area contributed by atoms with Crippen LogP contribution in [-0.2, 0) is 0 Å². The Morgan fingerprint density at radius 2 is 1.81 bits per heavy atom. The van der Waals surface area contributed by atoms with E-state index in [1.165, 1.54) is 31.6 Å². The van der Waals surface area contributed by atoms with Crippen LogP contribution in [-0.4, -0.2) is 36.1 Å². The fraction of sp³-hybridized carbons (Fsp3) is 0.290. The molecular formula is C31H32ClFN2O. The van der Waals surface area contributed by atoms with E-state index in [1.54, 1.807) is 6.07 Å². The maximum atomic E-state index is 13.8. The summed E-state index contributed by atoms with van der Waals surface area (Å²) in [5.41, 5.74) is 6.09. The van der Waals surface area contributed by atoms with Crippen molar-refractivity contribution in [1.82, 2.24) is 9.88 Å². The fourth-order valence-corrected chi connectivity index (χ4v) is 5.35. The van der Waals surface area contributed by atoms with E-state index in [4.69, 9.17) is 16.3 Å². The number of H-pyrrole nitrogens is 1. The van der Waals surface area contributed by atoms with Gasteiger partial charge in [-0.05, 0) is 65.4 Å². The average molecular weight is 503 g/mol. The maximum Gasteiger partial charge on any atom is 0.124 e. The molecule has 186 valence electrons. The van der Waals surface area contributed by atoms with Crippen molar-refractivity contribution in [2.45, 2.75) is 26.7 Å². The second-order valence-electron chi connectivity index (χ2n) is 9.51. The molecule has 5 rings (SSSR count). The number of aromatic amines is 1. The second-order valence-corrected chi connectivity index (χ2v) is 9.92. The number of allylic oxidation sites excluding steroid dienone is 1. The molecule has 0 aliphatic carbocycles. The van der Waals surface area contributed by atoms with Crippen molar-refractivity contribution >= 4 is 33.7 Å². The summed E-state index contributed by atoms with van der Waals surface area (Å²) in [7, 11) is 0. The first-order valence-electron chi connectivity index (χ1n) is 12.8. The van der Waals surface area contributed by atoms with E-state index in [2.05, 4.69) is 54.1 Å². The average Bonchev–Trinajstić information content (AvgIpc) is 3.28. The Kier molecular flexibility index (Phi) is 7.45. The van der Waals surface area contributed by atoms with Crippen molar-refractivity contribution in [2.24, 2.45) is 5.92 Å². The standard InChI is InChI=1S/C31H32ClFN2O/c1-3-21-19-35(20-21)15-16-36-25-12-9-22(10-13-25)31(30-17-23-7-5-6-8-29(23)34-30)26(4-2)27-14-11-24(33)18-28(27)32/h5-14,17-18,21,34H,3-4,15-16,19-20H2,1-2H3/b31-26+. The van der Waals surface area contributed by atoms with E-state index in [0.29, 0.717) is 11.6 Å². The van der Waals surface area contributed by atoms with Gasteiger partial charge in [0.05, 0.1) is 5.02 Å². The van der Waals surface area contributed by atoms with Crippen molar-refractivity contribution in [3.8, 4) is 5.75 Å². The number of hydrogen-bond donors (Lipinski definition) is 1. The molecule has 1 aliphatic rings. The SMILES string of the molecule is CC/C(=C(/c1ccc(OCCN2CC(CC)C2)cc1)c1cc2ccccc2[nH]1)c1ccc(F)cc1Cl. The highest BCUT2D eigenvalue weighted by molar-refractivity contribution is 6.32. The number of para-hydroxylation sites is 1. The smallest absolute Gasteiger partial charge is 0.124 e. The minimum Gasteiger partial charge on any atom is -0.492 e. The Bertz CT molecular complexity index is 1340. The fourth-order valence-electron chi connectivity index (χ4n) is 5.06. The zero-order chi connectivity index (χ0) is 25.1. The van der Waals surface area contributed by atoms with Crippen LogP contribution in [0.15, 0.2) is 72.8 Å². The number of benzene rings is 3.